The molecule has 1 aromatic heterocycles. The van der Waals surface area contributed by atoms with Crippen LogP contribution in [0.25, 0.3) is 5.69 Å². The number of ether oxygens (including phenoxy) is 1. The van der Waals surface area contributed by atoms with Gasteiger partial charge in [0, 0.05) is 17.5 Å². The van der Waals surface area contributed by atoms with E-state index in [9.17, 15) is 9.90 Å². The molecule has 1 fully saturated rings. The number of halogens is 1. The van der Waals surface area contributed by atoms with Crippen LogP contribution in [0.5, 0.6) is 0 Å². The number of aliphatic hydroxyl groups excluding tert-OH is 1. The van der Waals surface area contributed by atoms with Gasteiger partial charge in [0.1, 0.15) is 12.4 Å². The third-order valence-electron chi connectivity index (χ3n) is 5.72. The molecule has 2 aliphatic rings. The summed E-state index contributed by atoms with van der Waals surface area (Å²) in [5, 5.41) is 18.9. The molecule has 0 radical (unpaired) electrons. The molecule has 2 aromatic rings. The second-order valence-electron chi connectivity index (χ2n) is 8.15. The number of nitrogens with zero attached hydrogens (tertiary/aromatic N) is 4. The molecule has 156 valence electrons. The van der Waals surface area contributed by atoms with E-state index in [0.29, 0.717) is 36.0 Å². The average Bonchev–Trinajstić information content (AvgIpc) is 3.03. The molecule has 29 heavy (non-hydrogen) atoms. The Hall–Kier alpha value is -1.96. The second kappa shape index (κ2) is 8.42. The number of aliphatic hydroxyl groups is 1. The monoisotopic (exact) mass is 418 g/mol. The van der Waals surface area contributed by atoms with Crippen molar-refractivity contribution in [2.24, 2.45) is 0 Å². The minimum atomic E-state index is -0.531. The number of hydrogen-bond acceptors (Lipinski definition) is 5. The topological polar surface area (TPSA) is 80.5 Å². The zero-order valence-electron chi connectivity index (χ0n) is 16.8. The number of carbonyl (C=O) groups is 1. The summed E-state index contributed by atoms with van der Waals surface area (Å²) >= 11 is 6.23. The number of rotatable bonds is 4. The van der Waals surface area contributed by atoms with E-state index in [-0.39, 0.29) is 12.0 Å². The Balaban J connectivity index is 1.67. The molecule has 1 aliphatic heterocycles. The summed E-state index contributed by atoms with van der Waals surface area (Å²) in [7, 11) is 0. The summed E-state index contributed by atoms with van der Waals surface area (Å²) in [6.45, 7) is 4.31. The van der Waals surface area contributed by atoms with Crippen molar-refractivity contribution < 1.29 is 14.6 Å². The molecule has 1 saturated carbocycles. The summed E-state index contributed by atoms with van der Waals surface area (Å²) in [5.74, 6) is 1.61. The van der Waals surface area contributed by atoms with Gasteiger partial charge in [0.2, 0.25) is 5.91 Å². The molecule has 8 heteroatoms. The molecule has 1 aromatic carbocycles. The second-order valence-corrected chi connectivity index (χ2v) is 8.59. The fourth-order valence-electron chi connectivity index (χ4n) is 4.41. The number of benzene rings is 1. The molecule has 1 aliphatic carbocycles. The van der Waals surface area contributed by atoms with Crippen molar-refractivity contribution in [2.45, 2.75) is 70.7 Å². The zero-order chi connectivity index (χ0) is 20.5. The third-order valence-corrected chi connectivity index (χ3v) is 5.96. The minimum Gasteiger partial charge on any atom is -0.387 e. The highest BCUT2D eigenvalue weighted by Gasteiger charge is 2.31. The normalized spacial score (nSPS) is 21.6. The highest BCUT2D eigenvalue weighted by Crippen LogP contribution is 2.37. The van der Waals surface area contributed by atoms with E-state index in [1.807, 2.05) is 18.2 Å². The van der Waals surface area contributed by atoms with E-state index in [1.165, 1.54) is 0 Å². The SMILES string of the molecule is CC(C)O[C@H]1CC[C@H](c2nnc3n2-c2ccc(Cl)cc2CN(C(=O)CO)C3)CC1. The van der Waals surface area contributed by atoms with Gasteiger partial charge < -0.3 is 14.7 Å². The lowest BCUT2D eigenvalue weighted by Crippen LogP contribution is -2.32. The van der Waals surface area contributed by atoms with Crippen molar-refractivity contribution in [1.82, 2.24) is 19.7 Å². The third kappa shape index (κ3) is 4.17. The van der Waals surface area contributed by atoms with Crippen LogP contribution in [0.15, 0.2) is 18.2 Å². The molecular weight excluding hydrogens is 392 g/mol. The van der Waals surface area contributed by atoms with Crippen LogP contribution in [0, 0.1) is 0 Å². The van der Waals surface area contributed by atoms with Gasteiger partial charge in [0.15, 0.2) is 5.82 Å². The maximum Gasteiger partial charge on any atom is 0.248 e. The van der Waals surface area contributed by atoms with Crippen LogP contribution in [0.1, 0.15) is 62.7 Å². The van der Waals surface area contributed by atoms with E-state index in [2.05, 4.69) is 28.6 Å². The Morgan fingerprint density at radius 2 is 2.00 bits per heavy atom. The number of fused-ring (bicyclic) bond motifs is 3. The van der Waals surface area contributed by atoms with Gasteiger partial charge in [0.25, 0.3) is 0 Å². The number of aromatic nitrogens is 3. The molecular formula is C21H27ClN4O3. The highest BCUT2D eigenvalue weighted by atomic mass is 35.5. The molecule has 0 unspecified atom stereocenters. The van der Waals surface area contributed by atoms with E-state index >= 15 is 0 Å². The lowest BCUT2D eigenvalue weighted by Gasteiger charge is -2.29. The van der Waals surface area contributed by atoms with Crippen LogP contribution in [0.3, 0.4) is 0 Å². The van der Waals surface area contributed by atoms with E-state index in [4.69, 9.17) is 16.3 Å². The fourth-order valence-corrected chi connectivity index (χ4v) is 4.60. The summed E-state index contributed by atoms with van der Waals surface area (Å²) in [5.41, 5.74) is 1.88. The van der Waals surface area contributed by atoms with E-state index in [1.54, 1.807) is 4.90 Å². The first-order valence-electron chi connectivity index (χ1n) is 10.2. The quantitative estimate of drug-likeness (QED) is 0.824. The van der Waals surface area contributed by atoms with Gasteiger partial charge in [-0.05, 0) is 63.3 Å². The Bertz CT molecular complexity index is 890. The standard InChI is InChI=1S/C21H27ClN4O3/c1-13(2)29-17-6-3-14(4-7-17)21-24-23-19-11-25(20(28)12-27)10-15-9-16(22)5-8-18(15)26(19)21/h5,8-9,13-14,17,27H,3-4,6-7,10-12H2,1-2H3/t14-,17-. The Morgan fingerprint density at radius 3 is 2.69 bits per heavy atom. The predicted octanol–water partition coefficient (Wildman–Crippen LogP) is 3.21. The van der Waals surface area contributed by atoms with Crippen LogP contribution in [0.4, 0.5) is 0 Å². The summed E-state index contributed by atoms with van der Waals surface area (Å²) in [6, 6.07) is 5.69. The van der Waals surface area contributed by atoms with Gasteiger partial charge in [0.05, 0.1) is 24.4 Å². The molecule has 0 spiro atoms. The van der Waals surface area contributed by atoms with Crippen molar-refractivity contribution in [1.29, 1.82) is 0 Å². The molecule has 0 atom stereocenters. The van der Waals surface area contributed by atoms with Crippen LogP contribution < -0.4 is 0 Å². The number of amides is 1. The van der Waals surface area contributed by atoms with Crippen molar-refractivity contribution >= 4 is 17.5 Å². The van der Waals surface area contributed by atoms with Crippen molar-refractivity contribution in [3.05, 3.63) is 40.4 Å². The smallest absolute Gasteiger partial charge is 0.248 e. The lowest BCUT2D eigenvalue weighted by molar-refractivity contribution is -0.135. The van der Waals surface area contributed by atoms with Crippen LogP contribution >= 0.6 is 11.6 Å². The molecule has 1 amide bonds. The van der Waals surface area contributed by atoms with Crippen LogP contribution in [-0.2, 0) is 22.6 Å². The van der Waals surface area contributed by atoms with Crippen LogP contribution in [-0.4, -0.2) is 49.5 Å². The summed E-state index contributed by atoms with van der Waals surface area (Å²) in [6.07, 6.45) is 4.56. The minimum absolute atomic E-state index is 0.243. The largest absolute Gasteiger partial charge is 0.387 e. The van der Waals surface area contributed by atoms with Crippen molar-refractivity contribution in [2.75, 3.05) is 6.61 Å². The molecule has 0 bridgehead atoms. The zero-order valence-corrected chi connectivity index (χ0v) is 17.6. The lowest BCUT2D eigenvalue weighted by atomic mass is 9.86. The van der Waals surface area contributed by atoms with Gasteiger partial charge in [-0.3, -0.25) is 9.36 Å². The maximum atomic E-state index is 12.2. The highest BCUT2D eigenvalue weighted by molar-refractivity contribution is 6.30. The molecule has 4 rings (SSSR count). The Labute approximate surface area is 175 Å². The van der Waals surface area contributed by atoms with Gasteiger partial charge in [-0.25, -0.2) is 0 Å². The van der Waals surface area contributed by atoms with Crippen LogP contribution in [0.2, 0.25) is 5.02 Å². The van der Waals surface area contributed by atoms with Gasteiger partial charge in [-0.15, -0.1) is 10.2 Å². The average molecular weight is 419 g/mol. The first-order valence-corrected chi connectivity index (χ1v) is 10.6. The Kier molecular flexibility index (Phi) is 5.90. The first-order chi connectivity index (χ1) is 14.0. The Morgan fingerprint density at radius 1 is 1.24 bits per heavy atom. The molecule has 1 N–H and O–H groups in total. The van der Waals surface area contributed by atoms with Gasteiger partial charge in [-0.2, -0.15) is 0 Å². The molecule has 7 nitrogen and oxygen atoms in total. The van der Waals surface area contributed by atoms with Gasteiger partial charge in [-0.1, -0.05) is 11.6 Å². The summed E-state index contributed by atoms with van der Waals surface area (Å²) in [4.78, 5) is 13.8. The summed E-state index contributed by atoms with van der Waals surface area (Å²) < 4.78 is 8.07. The maximum absolute atomic E-state index is 12.2. The van der Waals surface area contributed by atoms with E-state index in [0.717, 1.165) is 42.8 Å². The molecule has 2 heterocycles. The molecule has 0 saturated heterocycles. The first kappa shape index (κ1) is 20.3. The number of carbonyl (C=O) groups excluding carboxylic acids is 1. The predicted molar refractivity (Wildman–Crippen MR) is 109 cm³/mol. The fraction of sp³-hybridized carbons (Fsp3) is 0.571. The van der Waals surface area contributed by atoms with Crippen molar-refractivity contribution in [3.8, 4) is 5.69 Å². The van der Waals surface area contributed by atoms with E-state index < -0.39 is 6.61 Å². The van der Waals surface area contributed by atoms with Crippen molar-refractivity contribution in [3.63, 3.8) is 0 Å². The van der Waals surface area contributed by atoms with Gasteiger partial charge >= 0.3 is 0 Å². The number of hydrogen-bond donors (Lipinski definition) is 1.